The van der Waals surface area contributed by atoms with Crippen LogP contribution in [0.15, 0.2) is 64.1 Å². The van der Waals surface area contributed by atoms with Gasteiger partial charge < -0.3 is 37.6 Å². The molecule has 0 bridgehead atoms. The Morgan fingerprint density at radius 3 is 1.75 bits per heavy atom. The fourth-order valence-electron chi connectivity index (χ4n) is 4.01. The lowest BCUT2D eigenvalue weighted by molar-refractivity contribution is 0.0911. The fraction of sp³-hybridized carbons (Fsp3) is 0.286. The lowest BCUT2D eigenvalue weighted by Crippen LogP contribution is -2.32. The second kappa shape index (κ2) is 11.6. The molecule has 2 unspecified atom stereocenters. The van der Waals surface area contributed by atoms with Gasteiger partial charge in [-0.3, -0.25) is 9.59 Å². The molecule has 0 aliphatic heterocycles. The van der Waals surface area contributed by atoms with Crippen LogP contribution in [0.2, 0.25) is 0 Å². The van der Waals surface area contributed by atoms with E-state index in [1.165, 1.54) is 37.6 Å². The maximum absolute atomic E-state index is 13.1. The van der Waals surface area contributed by atoms with Gasteiger partial charge in [0.15, 0.2) is 34.8 Å². The van der Waals surface area contributed by atoms with Crippen molar-refractivity contribution in [1.29, 1.82) is 0 Å². The van der Waals surface area contributed by atoms with Crippen LogP contribution in [0, 0.1) is 11.8 Å². The third kappa shape index (κ3) is 5.57. The molecule has 0 saturated carbocycles. The topological polar surface area (TPSA) is 228 Å². The molecule has 16 nitrogen and oxygen atoms in total. The Balaban J connectivity index is 1.14. The highest BCUT2D eigenvalue weighted by Gasteiger charge is 2.27. The van der Waals surface area contributed by atoms with E-state index in [-0.39, 0.29) is 75.8 Å². The summed E-state index contributed by atoms with van der Waals surface area (Å²) in [7, 11) is 0. The first-order chi connectivity index (χ1) is 21.2. The van der Waals surface area contributed by atoms with Crippen molar-refractivity contribution < 1.29 is 36.1 Å². The van der Waals surface area contributed by atoms with E-state index in [0.29, 0.717) is 17.9 Å². The van der Waals surface area contributed by atoms with Crippen molar-refractivity contribution in [3.05, 3.63) is 60.7 Å². The smallest absolute Gasteiger partial charge is 0.273 e. The van der Waals surface area contributed by atoms with Crippen LogP contribution < -0.4 is 11.1 Å². The number of hydrogen-bond acceptors (Lipinski definition) is 15. The zero-order chi connectivity index (χ0) is 31.0. The lowest BCUT2D eigenvalue weighted by atomic mass is 10.0. The number of amides is 1. The first-order valence-corrected chi connectivity index (χ1v) is 13.5. The van der Waals surface area contributed by atoms with Gasteiger partial charge in [-0.15, -0.1) is 0 Å². The molecule has 0 aromatic carbocycles. The SMILES string of the molecule is CC(C)C(N)c1nc(-c2nc(-c3nc(C(=O)NC(c4nc(-c5nc(-c6nc(C=O)co6)co5)co4)C(C)C)co3)co2)co1. The van der Waals surface area contributed by atoms with Gasteiger partial charge in [0.1, 0.15) is 49.3 Å². The summed E-state index contributed by atoms with van der Waals surface area (Å²) in [4.78, 5) is 49.7. The summed E-state index contributed by atoms with van der Waals surface area (Å²) in [5, 5.41) is 2.87. The molecule has 6 aromatic rings. The molecular weight excluding hydrogens is 576 g/mol. The van der Waals surface area contributed by atoms with Gasteiger partial charge in [-0.2, -0.15) is 0 Å². The Hall–Kier alpha value is -5.64. The van der Waals surface area contributed by atoms with Crippen molar-refractivity contribution in [3.8, 4) is 46.3 Å². The Kier molecular flexibility index (Phi) is 7.48. The van der Waals surface area contributed by atoms with Crippen LogP contribution in [0.25, 0.3) is 46.3 Å². The Morgan fingerprint density at radius 2 is 1.16 bits per heavy atom. The zero-order valence-corrected chi connectivity index (χ0v) is 23.9. The Bertz CT molecular complexity index is 1900. The molecule has 0 aliphatic rings. The summed E-state index contributed by atoms with van der Waals surface area (Å²) in [5.41, 5.74) is 7.41. The van der Waals surface area contributed by atoms with E-state index in [1.54, 1.807) is 0 Å². The van der Waals surface area contributed by atoms with Crippen molar-refractivity contribution in [2.75, 3.05) is 0 Å². The number of carbonyl (C=O) groups is 2. The summed E-state index contributed by atoms with van der Waals surface area (Å²) in [6.07, 6.45) is 8.38. The van der Waals surface area contributed by atoms with Gasteiger partial charge in [-0.25, -0.2) is 29.9 Å². The first-order valence-electron chi connectivity index (χ1n) is 13.5. The number of aldehydes is 1. The van der Waals surface area contributed by atoms with Crippen LogP contribution in [0.3, 0.4) is 0 Å². The van der Waals surface area contributed by atoms with Crippen LogP contribution in [-0.4, -0.2) is 42.1 Å². The van der Waals surface area contributed by atoms with E-state index in [9.17, 15) is 9.59 Å². The number of nitrogens with zero attached hydrogens (tertiary/aromatic N) is 6. The van der Waals surface area contributed by atoms with E-state index in [0.717, 1.165) is 0 Å². The van der Waals surface area contributed by atoms with E-state index in [1.807, 2.05) is 27.7 Å². The van der Waals surface area contributed by atoms with Gasteiger partial charge in [0.25, 0.3) is 5.91 Å². The molecule has 0 spiro atoms. The van der Waals surface area contributed by atoms with Gasteiger partial charge in [-0.1, -0.05) is 27.7 Å². The molecule has 6 rings (SSSR count). The molecule has 6 aromatic heterocycles. The highest BCUT2D eigenvalue weighted by atomic mass is 16.4. The van der Waals surface area contributed by atoms with Crippen LogP contribution >= 0.6 is 0 Å². The Labute approximate surface area is 248 Å². The van der Waals surface area contributed by atoms with Crippen molar-refractivity contribution in [3.63, 3.8) is 0 Å². The fourth-order valence-corrected chi connectivity index (χ4v) is 4.01. The number of nitrogens with one attached hydrogen (secondary N) is 1. The molecular formula is C28H26N8O8. The van der Waals surface area contributed by atoms with E-state index < -0.39 is 11.9 Å². The average Bonchev–Trinajstić information content (AvgIpc) is 3.83. The highest BCUT2D eigenvalue weighted by molar-refractivity contribution is 5.92. The Morgan fingerprint density at radius 1 is 0.659 bits per heavy atom. The van der Waals surface area contributed by atoms with Gasteiger partial charge in [0, 0.05) is 0 Å². The number of oxazole rings is 6. The quantitative estimate of drug-likeness (QED) is 0.188. The molecule has 1 amide bonds. The van der Waals surface area contributed by atoms with Crippen molar-refractivity contribution in [1.82, 2.24) is 35.2 Å². The molecule has 0 saturated heterocycles. The predicted octanol–water partition coefficient (Wildman–Crippen LogP) is 4.88. The number of rotatable bonds is 11. The molecule has 44 heavy (non-hydrogen) atoms. The molecule has 0 radical (unpaired) electrons. The van der Waals surface area contributed by atoms with Crippen LogP contribution in [0.4, 0.5) is 0 Å². The lowest BCUT2D eigenvalue weighted by Gasteiger charge is -2.18. The highest BCUT2D eigenvalue weighted by Crippen LogP contribution is 2.29. The third-order valence-corrected chi connectivity index (χ3v) is 6.53. The molecule has 3 N–H and O–H groups in total. The van der Waals surface area contributed by atoms with Crippen LogP contribution in [0.1, 0.15) is 72.5 Å². The first kappa shape index (κ1) is 28.5. The molecule has 16 heteroatoms. The third-order valence-electron chi connectivity index (χ3n) is 6.53. The summed E-state index contributed by atoms with van der Waals surface area (Å²) in [6, 6.07) is -1.01. The molecule has 6 heterocycles. The summed E-state index contributed by atoms with van der Waals surface area (Å²) >= 11 is 0. The van der Waals surface area contributed by atoms with Crippen molar-refractivity contribution in [2.45, 2.75) is 39.8 Å². The summed E-state index contributed by atoms with van der Waals surface area (Å²) < 4.78 is 32.9. The summed E-state index contributed by atoms with van der Waals surface area (Å²) in [5.74, 6) is 0.561. The van der Waals surface area contributed by atoms with Gasteiger partial charge in [-0.05, 0) is 11.8 Å². The van der Waals surface area contributed by atoms with Gasteiger partial charge in [0.05, 0.1) is 6.04 Å². The monoisotopic (exact) mass is 602 g/mol. The van der Waals surface area contributed by atoms with Gasteiger partial charge >= 0.3 is 0 Å². The minimum Gasteiger partial charge on any atom is -0.446 e. The number of aromatic nitrogens is 6. The average molecular weight is 603 g/mol. The van der Waals surface area contributed by atoms with E-state index in [4.69, 9.17) is 32.2 Å². The van der Waals surface area contributed by atoms with Crippen LogP contribution in [0.5, 0.6) is 0 Å². The second-order valence-corrected chi connectivity index (χ2v) is 10.4. The van der Waals surface area contributed by atoms with E-state index in [2.05, 4.69) is 35.2 Å². The molecule has 2 atom stereocenters. The van der Waals surface area contributed by atoms with E-state index >= 15 is 0 Å². The minimum absolute atomic E-state index is 0.00610. The standard InChI is InChI=1S/C28H26N8O8/c1-12(2)20(29)27-34-18(10-43-27)25-33-17(9-42-25)24-31-15(7-40-24)22(38)36-21(13(3)4)28-35-19(11-44-28)26-32-16(8-41-26)23-30-14(5-37)6-39-23/h5-13,20-21H,29H2,1-4H3,(H,36,38). The van der Waals surface area contributed by atoms with Crippen LogP contribution in [-0.2, 0) is 0 Å². The second-order valence-electron chi connectivity index (χ2n) is 10.4. The minimum atomic E-state index is -0.634. The molecule has 226 valence electrons. The molecule has 0 aliphatic carbocycles. The zero-order valence-electron chi connectivity index (χ0n) is 23.9. The predicted molar refractivity (Wildman–Crippen MR) is 147 cm³/mol. The largest absolute Gasteiger partial charge is 0.446 e. The normalized spacial score (nSPS) is 13.1. The maximum Gasteiger partial charge on any atom is 0.273 e. The number of carbonyl (C=O) groups excluding carboxylic acids is 2. The summed E-state index contributed by atoms with van der Waals surface area (Å²) in [6.45, 7) is 7.70. The number of hydrogen-bond donors (Lipinski definition) is 2. The van der Waals surface area contributed by atoms with Crippen molar-refractivity contribution >= 4 is 12.2 Å². The maximum atomic E-state index is 13.1. The van der Waals surface area contributed by atoms with Crippen molar-refractivity contribution in [2.24, 2.45) is 17.6 Å². The molecule has 0 fully saturated rings. The van der Waals surface area contributed by atoms with Gasteiger partial charge in [0.2, 0.25) is 35.3 Å². The number of nitrogens with two attached hydrogens (primary N) is 1.